The average molecular weight is 698 g/mol. The normalized spacial score (nSPS) is 13.5. The van der Waals surface area contributed by atoms with Crippen molar-refractivity contribution in [3.05, 3.63) is 210 Å². The van der Waals surface area contributed by atoms with Gasteiger partial charge in [-0.1, -0.05) is 139 Å². The molecular weight excluding hydrogens is 667 g/mol. The first-order chi connectivity index (χ1) is 25.8. The van der Waals surface area contributed by atoms with E-state index >= 15 is 0 Å². The number of hydrogen-bond acceptors (Lipinski definition) is 3. The van der Waals surface area contributed by atoms with Gasteiger partial charge in [-0.3, -0.25) is 0 Å². The minimum absolute atomic E-state index is 0.381. The number of rotatable bonds is 4. The standard InChI is InChI=1S/C49H31NS2/c1-3-14-32(15-4-1)33-26-28-35(29-27-33)50(34-16-5-2-6-17-34)43-22-13-25-46-48(43)38-30-37-36-18-7-8-19-39(36)49(42(37)31-47(38)52-46)40-20-9-11-23-44(40)51-45-24-12-10-21-41(45)49/h1-31H. The van der Waals surface area contributed by atoms with E-state index in [0.717, 1.165) is 11.4 Å². The van der Waals surface area contributed by atoms with E-state index < -0.39 is 0 Å². The first kappa shape index (κ1) is 29.8. The van der Waals surface area contributed by atoms with Gasteiger partial charge in [-0.15, -0.1) is 11.3 Å². The van der Waals surface area contributed by atoms with Crippen molar-refractivity contribution in [2.45, 2.75) is 15.2 Å². The van der Waals surface area contributed by atoms with Crippen LogP contribution in [0.15, 0.2) is 198 Å². The monoisotopic (exact) mass is 697 g/mol. The molecule has 0 N–H and O–H groups in total. The maximum absolute atomic E-state index is 2.53. The maximum Gasteiger partial charge on any atom is 0.0735 e. The van der Waals surface area contributed by atoms with Crippen molar-refractivity contribution < 1.29 is 0 Å². The van der Waals surface area contributed by atoms with Crippen LogP contribution in [0.4, 0.5) is 17.1 Å². The van der Waals surface area contributed by atoms with Crippen molar-refractivity contribution in [1.82, 2.24) is 0 Å². The smallest absolute Gasteiger partial charge is 0.0735 e. The topological polar surface area (TPSA) is 3.24 Å². The number of hydrogen-bond donors (Lipinski definition) is 0. The zero-order valence-electron chi connectivity index (χ0n) is 28.2. The molecule has 0 bridgehead atoms. The summed E-state index contributed by atoms with van der Waals surface area (Å²) >= 11 is 3.80. The second-order valence-electron chi connectivity index (χ2n) is 13.6. The molecular formula is C49H31NS2. The van der Waals surface area contributed by atoms with Crippen LogP contribution in [0.5, 0.6) is 0 Å². The highest BCUT2D eigenvalue weighted by Gasteiger charge is 2.50. The first-order valence-corrected chi connectivity index (χ1v) is 19.4. The summed E-state index contributed by atoms with van der Waals surface area (Å²) in [6.45, 7) is 0. The highest BCUT2D eigenvalue weighted by molar-refractivity contribution is 7.99. The summed E-state index contributed by atoms with van der Waals surface area (Å²) in [5.74, 6) is 0. The molecule has 3 heteroatoms. The van der Waals surface area contributed by atoms with Gasteiger partial charge in [0.15, 0.2) is 0 Å². The van der Waals surface area contributed by atoms with Crippen molar-refractivity contribution in [1.29, 1.82) is 0 Å². The Morgan fingerprint density at radius 1 is 0.404 bits per heavy atom. The Morgan fingerprint density at radius 2 is 1.00 bits per heavy atom. The molecule has 1 aromatic heterocycles. The molecule has 9 aromatic rings. The van der Waals surface area contributed by atoms with Crippen LogP contribution in [0.2, 0.25) is 0 Å². The van der Waals surface area contributed by atoms with Gasteiger partial charge in [-0.2, -0.15) is 0 Å². The van der Waals surface area contributed by atoms with E-state index in [4.69, 9.17) is 0 Å². The van der Waals surface area contributed by atoms with E-state index in [2.05, 4.69) is 193 Å². The molecule has 0 saturated heterocycles. The lowest BCUT2D eigenvalue weighted by atomic mass is 9.67. The highest BCUT2D eigenvalue weighted by Crippen LogP contribution is 2.63. The SMILES string of the molecule is c1ccc(-c2ccc(N(c3ccccc3)c3cccc4sc5cc6c(cc5c34)-c3ccccc3C63c4ccccc4Sc4ccccc43)cc2)cc1. The summed E-state index contributed by atoms with van der Waals surface area (Å²) in [5, 5.41) is 2.59. The van der Waals surface area contributed by atoms with Crippen LogP contribution in [-0.2, 0) is 5.41 Å². The molecule has 1 nitrogen and oxygen atoms in total. The lowest BCUT2D eigenvalue weighted by Crippen LogP contribution is -2.31. The fourth-order valence-corrected chi connectivity index (χ4v) is 11.1. The number of fused-ring (bicyclic) bond motifs is 12. The van der Waals surface area contributed by atoms with Crippen LogP contribution in [0.1, 0.15) is 22.3 Å². The van der Waals surface area contributed by atoms with Gasteiger partial charge in [0, 0.05) is 41.3 Å². The van der Waals surface area contributed by atoms with Crippen LogP contribution in [0, 0.1) is 0 Å². The van der Waals surface area contributed by atoms with Gasteiger partial charge < -0.3 is 4.90 Å². The third-order valence-corrected chi connectivity index (χ3v) is 13.2. The quantitative estimate of drug-likeness (QED) is 0.180. The lowest BCUT2D eigenvalue weighted by molar-refractivity contribution is 0.723. The molecule has 1 aliphatic carbocycles. The second kappa shape index (κ2) is 11.6. The van der Waals surface area contributed by atoms with E-state index in [1.54, 1.807) is 0 Å². The molecule has 2 heterocycles. The van der Waals surface area contributed by atoms with Gasteiger partial charge in [0.05, 0.1) is 11.1 Å². The largest absolute Gasteiger partial charge is 0.310 e. The minimum Gasteiger partial charge on any atom is -0.310 e. The summed E-state index contributed by atoms with van der Waals surface area (Å²) in [5.41, 5.74) is 13.7. The summed E-state index contributed by atoms with van der Waals surface area (Å²) in [6, 6.07) is 69.5. The molecule has 0 saturated carbocycles. The number of anilines is 3. The van der Waals surface area contributed by atoms with Gasteiger partial charge in [0.25, 0.3) is 0 Å². The lowest BCUT2D eigenvalue weighted by Gasteiger charge is -2.39. The molecule has 0 radical (unpaired) electrons. The Kier molecular flexibility index (Phi) is 6.64. The van der Waals surface area contributed by atoms with Crippen molar-refractivity contribution >= 4 is 60.3 Å². The number of benzene rings is 8. The average Bonchev–Trinajstić information content (AvgIpc) is 3.72. The Balaban J connectivity index is 1.17. The van der Waals surface area contributed by atoms with Crippen molar-refractivity contribution in [3.63, 3.8) is 0 Å². The van der Waals surface area contributed by atoms with E-state index in [1.165, 1.54) is 80.2 Å². The third-order valence-electron chi connectivity index (χ3n) is 10.9. The van der Waals surface area contributed by atoms with Gasteiger partial charge in [-0.05, 0) is 105 Å². The Labute approximate surface area is 311 Å². The Bertz CT molecular complexity index is 2770. The molecule has 2 aliphatic rings. The molecule has 0 amide bonds. The Morgan fingerprint density at radius 3 is 1.73 bits per heavy atom. The molecule has 0 atom stereocenters. The fourth-order valence-electron chi connectivity index (χ4n) is 8.78. The summed E-state index contributed by atoms with van der Waals surface area (Å²) in [7, 11) is 0. The summed E-state index contributed by atoms with van der Waals surface area (Å²) in [6.07, 6.45) is 0. The van der Waals surface area contributed by atoms with E-state index in [9.17, 15) is 0 Å². The van der Waals surface area contributed by atoms with Gasteiger partial charge >= 0.3 is 0 Å². The Hall–Kier alpha value is -5.87. The van der Waals surface area contributed by atoms with Crippen LogP contribution < -0.4 is 4.90 Å². The van der Waals surface area contributed by atoms with Gasteiger partial charge in [-0.25, -0.2) is 0 Å². The summed E-state index contributed by atoms with van der Waals surface area (Å²) in [4.78, 5) is 5.09. The number of para-hydroxylation sites is 1. The van der Waals surface area contributed by atoms with Crippen molar-refractivity contribution in [3.8, 4) is 22.3 Å². The zero-order valence-corrected chi connectivity index (χ0v) is 29.8. The summed E-state index contributed by atoms with van der Waals surface area (Å²) < 4.78 is 2.61. The van der Waals surface area contributed by atoms with E-state index in [-0.39, 0.29) is 5.41 Å². The van der Waals surface area contributed by atoms with Crippen LogP contribution in [0.3, 0.4) is 0 Å². The molecule has 8 aromatic carbocycles. The molecule has 1 aliphatic heterocycles. The fraction of sp³-hybridized carbons (Fsp3) is 0.0204. The predicted molar refractivity (Wildman–Crippen MR) is 221 cm³/mol. The van der Waals surface area contributed by atoms with Gasteiger partial charge in [0.2, 0.25) is 0 Å². The number of thiophene rings is 1. The predicted octanol–water partition coefficient (Wildman–Crippen LogP) is 14.0. The van der Waals surface area contributed by atoms with Crippen molar-refractivity contribution in [2.75, 3.05) is 4.90 Å². The molecule has 0 unspecified atom stereocenters. The zero-order chi connectivity index (χ0) is 34.2. The highest BCUT2D eigenvalue weighted by atomic mass is 32.2. The van der Waals surface area contributed by atoms with E-state index in [1.807, 2.05) is 23.1 Å². The first-order valence-electron chi connectivity index (χ1n) is 17.8. The van der Waals surface area contributed by atoms with Gasteiger partial charge in [0.1, 0.15) is 0 Å². The molecule has 52 heavy (non-hydrogen) atoms. The minimum atomic E-state index is -0.381. The molecule has 1 spiro atoms. The van der Waals surface area contributed by atoms with Crippen LogP contribution in [0.25, 0.3) is 42.4 Å². The third kappa shape index (κ3) is 4.24. The van der Waals surface area contributed by atoms with Crippen LogP contribution >= 0.6 is 23.1 Å². The molecule has 244 valence electrons. The molecule has 11 rings (SSSR count). The van der Waals surface area contributed by atoms with Crippen LogP contribution in [-0.4, -0.2) is 0 Å². The molecule has 0 fully saturated rings. The van der Waals surface area contributed by atoms with Crippen molar-refractivity contribution in [2.24, 2.45) is 0 Å². The maximum atomic E-state index is 2.53. The number of nitrogens with zero attached hydrogens (tertiary/aromatic N) is 1. The van der Waals surface area contributed by atoms with E-state index in [0.29, 0.717) is 0 Å². The second-order valence-corrected chi connectivity index (χ2v) is 15.8.